The number of hydrogen-bond donors (Lipinski definition) is 1. The van der Waals surface area contributed by atoms with Gasteiger partial charge in [-0.15, -0.1) is 11.3 Å². The highest BCUT2D eigenvalue weighted by molar-refractivity contribution is 7.19. The highest BCUT2D eigenvalue weighted by Crippen LogP contribution is 2.38. The average Bonchev–Trinajstić information content (AvgIpc) is 3.24. The summed E-state index contributed by atoms with van der Waals surface area (Å²) in [5, 5.41) is 11.6. The van der Waals surface area contributed by atoms with E-state index in [0.29, 0.717) is 11.3 Å². The molecule has 1 amide bonds. The van der Waals surface area contributed by atoms with Crippen LogP contribution < -0.4 is 9.64 Å². The van der Waals surface area contributed by atoms with Gasteiger partial charge in [-0.3, -0.25) is 4.79 Å². The molecular formula is C26H22F3NO3S. The summed E-state index contributed by atoms with van der Waals surface area (Å²) < 4.78 is 45.0. The number of nitrogens with zero attached hydrogens (tertiary/aromatic N) is 1. The van der Waals surface area contributed by atoms with E-state index in [1.807, 2.05) is 48.5 Å². The molecule has 34 heavy (non-hydrogen) atoms. The van der Waals surface area contributed by atoms with E-state index < -0.39 is 24.9 Å². The number of carbonyl (C=O) groups excluding carboxylic acids is 1. The molecule has 0 aliphatic rings. The molecule has 0 spiro atoms. The highest BCUT2D eigenvalue weighted by atomic mass is 32.1. The van der Waals surface area contributed by atoms with Gasteiger partial charge in [0.05, 0.1) is 25.8 Å². The molecule has 0 aliphatic heterocycles. The number of rotatable bonds is 7. The Morgan fingerprint density at radius 3 is 2.50 bits per heavy atom. The number of amides is 1. The standard InChI is InChI=1S/C26H22F3NO3S/c1-33-23-8-4-3-7-20(23)17-10-11-22(31)21(15-17)30(25(32)12-13-26(27,28)29)16-19-14-18-6-2-5-9-24(18)34-19/h2-11,14-15,31H,12-13,16H2,1H3. The van der Waals surface area contributed by atoms with E-state index in [1.165, 1.54) is 29.4 Å². The van der Waals surface area contributed by atoms with Crippen LogP contribution in [-0.2, 0) is 11.3 Å². The molecule has 0 fully saturated rings. The molecule has 0 atom stereocenters. The molecule has 4 nitrogen and oxygen atoms in total. The van der Waals surface area contributed by atoms with Crippen LogP contribution in [0.4, 0.5) is 18.9 Å². The lowest BCUT2D eigenvalue weighted by Crippen LogP contribution is -2.31. The Balaban J connectivity index is 1.75. The molecular weight excluding hydrogens is 463 g/mol. The van der Waals surface area contributed by atoms with Gasteiger partial charge in [0.25, 0.3) is 0 Å². The molecule has 0 saturated heterocycles. The van der Waals surface area contributed by atoms with Crippen molar-refractivity contribution in [3.8, 4) is 22.6 Å². The summed E-state index contributed by atoms with van der Waals surface area (Å²) in [4.78, 5) is 15.0. The molecule has 4 rings (SSSR count). The van der Waals surface area contributed by atoms with Crippen LogP contribution in [0.5, 0.6) is 11.5 Å². The molecule has 1 N–H and O–H groups in total. The largest absolute Gasteiger partial charge is 0.506 e. The molecule has 0 aliphatic carbocycles. The Labute approximate surface area is 198 Å². The fraction of sp³-hybridized carbons (Fsp3) is 0.192. The molecule has 4 aromatic rings. The molecule has 1 aromatic heterocycles. The summed E-state index contributed by atoms with van der Waals surface area (Å²) in [6.07, 6.45) is -6.41. The van der Waals surface area contributed by atoms with E-state index in [1.54, 1.807) is 18.2 Å². The number of methoxy groups -OCH3 is 1. The summed E-state index contributed by atoms with van der Waals surface area (Å²) in [7, 11) is 1.54. The first kappa shape index (κ1) is 23.6. The zero-order chi connectivity index (χ0) is 24.3. The minimum atomic E-state index is -4.46. The van der Waals surface area contributed by atoms with Gasteiger partial charge in [-0.25, -0.2) is 0 Å². The minimum Gasteiger partial charge on any atom is -0.506 e. The predicted octanol–water partition coefficient (Wildman–Crippen LogP) is 7.16. The predicted molar refractivity (Wildman–Crippen MR) is 128 cm³/mol. The smallest absolute Gasteiger partial charge is 0.389 e. The lowest BCUT2D eigenvalue weighted by atomic mass is 10.0. The third-order valence-corrected chi connectivity index (χ3v) is 6.50. The maximum atomic E-state index is 13.0. The number of halogens is 3. The number of carbonyl (C=O) groups is 1. The van der Waals surface area contributed by atoms with E-state index in [0.717, 1.165) is 20.5 Å². The van der Waals surface area contributed by atoms with Gasteiger partial charge in [0, 0.05) is 21.6 Å². The maximum Gasteiger partial charge on any atom is 0.389 e. The van der Waals surface area contributed by atoms with E-state index in [-0.39, 0.29) is 18.0 Å². The molecule has 3 aromatic carbocycles. The Morgan fingerprint density at radius 1 is 1.03 bits per heavy atom. The Kier molecular flexibility index (Phi) is 6.79. The SMILES string of the molecule is COc1ccccc1-c1ccc(O)c(N(Cc2cc3ccccc3s2)C(=O)CCC(F)(F)F)c1. The lowest BCUT2D eigenvalue weighted by molar-refractivity contribution is -0.143. The van der Waals surface area contributed by atoms with Crippen LogP contribution in [0.2, 0.25) is 0 Å². The van der Waals surface area contributed by atoms with Crippen molar-refractivity contribution >= 4 is 33.0 Å². The van der Waals surface area contributed by atoms with Crippen molar-refractivity contribution < 1.29 is 27.8 Å². The third-order valence-electron chi connectivity index (χ3n) is 5.40. The van der Waals surface area contributed by atoms with Gasteiger partial charge in [0.15, 0.2) is 0 Å². The summed E-state index contributed by atoms with van der Waals surface area (Å²) in [6, 6.07) is 21.6. The quantitative estimate of drug-likeness (QED) is 0.302. The van der Waals surface area contributed by atoms with Crippen LogP contribution in [0.1, 0.15) is 17.7 Å². The van der Waals surface area contributed by atoms with Crippen molar-refractivity contribution in [1.82, 2.24) is 0 Å². The van der Waals surface area contributed by atoms with E-state index >= 15 is 0 Å². The number of phenolic OH excluding ortho intramolecular Hbond substituents is 1. The van der Waals surface area contributed by atoms with Crippen LogP contribution >= 0.6 is 11.3 Å². The number of ether oxygens (including phenoxy) is 1. The number of anilines is 1. The maximum absolute atomic E-state index is 13.0. The number of alkyl halides is 3. The molecule has 176 valence electrons. The molecule has 1 heterocycles. The van der Waals surface area contributed by atoms with Crippen LogP contribution in [0.3, 0.4) is 0 Å². The Morgan fingerprint density at radius 2 is 1.76 bits per heavy atom. The Hall–Kier alpha value is -3.52. The first-order valence-electron chi connectivity index (χ1n) is 10.6. The molecule has 0 radical (unpaired) electrons. The second kappa shape index (κ2) is 9.77. The van der Waals surface area contributed by atoms with Crippen LogP contribution in [0.25, 0.3) is 21.2 Å². The number of phenols is 1. The second-order valence-electron chi connectivity index (χ2n) is 7.75. The fourth-order valence-corrected chi connectivity index (χ4v) is 4.81. The molecule has 0 saturated carbocycles. The number of aromatic hydroxyl groups is 1. The number of benzene rings is 3. The normalized spacial score (nSPS) is 11.5. The molecule has 8 heteroatoms. The summed E-state index contributed by atoms with van der Waals surface area (Å²) in [5.74, 6) is -0.319. The van der Waals surface area contributed by atoms with Crippen molar-refractivity contribution in [2.45, 2.75) is 25.6 Å². The fourth-order valence-electron chi connectivity index (χ4n) is 3.75. The van der Waals surface area contributed by atoms with Gasteiger partial charge in [-0.2, -0.15) is 13.2 Å². The van der Waals surface area contributed by atoms with Crippen molar-refractivity contribution in [3.05, 3.63) is 77.7 Å². The lowest BCUT2D eigenvalue weighted by Gasteiger charge is -2.24. The first-order valence-corrected chi connectivity index (χ1v) is 11.4. The van der Waals surface area contributed by atoms with Crippen molar-refractivity contribution in [1.29, 1.82) is 0 Å². The topological polar surface area (TPSA) is 49.8 Å². The van der Waals surface area contributed by atoms with Crippen LogP contribution in [0.15, 0.2) is 72.8 Å². The number of fused-ring (bicyclic) bond motifs is 1. The minimum absolute atomic E-state index is 0.0406. The average molecular weight is 486 g/mol. The number of hydrogen-bond acceptors (Lipinski definition) is 4. The van der Waals surface area contributed by atoms with E-state index in [4.69, 9.17) is 4.74 Å². The van der Waals surface area contributed by atoms with E-state index in [2.05, 4.69) is 0 Å². The molecule has 0 unspecified atom stereocenters. The zero-order valence-corrected chi connectivity index (χ0v) is 19.1. The first-order chi connectivity index (χ1) is 16.2. The van der Waals surface area contributed by atoms with E-state index in [9.17, 15) is 23.1 Å². The summed E-state index contributed by atoms with van der Waals surface area (Å²) in [5.41, 5.74) is 1.54. The van der Waals surface area contributed by atoms with Gasteiger partial charge < -0.3 is 14.7 Å². The van der Waals surface area contributed by atoms with Gasteiger partial charge in [-0.05, 0) is 41.3 Å². The van der Waals surface area contributed by atoms with Crippen molar-refractivity contribution in [3.63, 3.8) is 0 Å². The zero-order valence-electron chi connectivity index (χ0n) is 18.3. The Bertz CT molecular complexity index is 1280. The van der Waals surface area contributed by atoms with Gasteiger partial charge in [-0.1, -0.05) is 42.5 Å². The van der Waals surface area contributed by atoms with Crippen molar-refractivity contribution in [2.75, 3.05) is 12.0 Å². The molecule has 0 bridgehead atoms. The van der Waals surface area contributed by atoms with Crippen LogP contribution in [-0.4, -0.2) is 24.3 Å². The van der Waals surface area contributed by atoms with Gasteiger partial charge >= 0.3 is 6.18 Å². The highest BCUT2D eigenvalue weighted by Gasteiger charge is 2.30. The van der Waals surface area contributed by atoms with Crippen molar-refractivity contribution in [2.24, 2.45) is 0 Å². The summed E-state index contributed by atoms with van der Waals surface area (Å²) in [6.45, 7) is 0.0406. The second-order valence-corrected chi connectivity index (χ2v) is 8.92. The monoisotopic (exact) mass is 485 g/mol. The van der Waals surface area contributed by atoms with Gasteiger partial charge in [0.1, 0.15) is 11.5 Å². The summed E-state index contributed by atoms with van der Waals surface area (Å²) >= 11 is 1.46. The van der Waals surface area contributed by atoms with Crippen LogP contribution in [0, 0.1) is 0 Å². The van der Waals surface area contributed by atoms with Gasteiger partial charge in [0.2, 0.25) is 5.91 Å². The third kappa shape index (κ3) is 5.34. The number of para-hydroxylation sites is 1. The number of thiophene rings is 1.